The van der Waals surface area contributed by atoms with Crippen molar-refractivity contribution in [2.45, 2.75) is 45.3 Å². The molecule has 0 bridgehead atoms. The summed E-state index contributed by atoms with van der Waals surface area (Å²) in [6.07, 6.45) is 2.19. The smallest absolute Gasteiger partial charge is 0.306 e. The van der Waals surface area contributed by atoms with Crippen LogP contribution in [0.5, 0.6) is 5.75 Å². The first-order valence-corrected chi connectivity index (χ1v) is 12.7. The second-order valence-electron chi connectivity index (χ2n) is 9.28. The molecule has 0 unspecified atom stereocenters. The summed E-state index contributed by atoms with van der Waals surface area (Å²) >= 11 is 0. The standard InChI is InChI=1S/C29H34N4O4/c1-2-36-28(35)12-11-27(34)32-24-7-9-25(10-8-24)37-26-13-15-33(16-14-26)19-20-3-4-21-5-6-22(29(30)31)18-23(21)17-20/h3-10,17-18,26H,2,11-16,19H2,1H3,(H3,30,31)(H,32,34). The monoisotopic (exact) mass is 502 g/mol. The zero-order valence-corrected chi connectivity index (χ0v) is 21.2. The molecule has 1 aliphatic rings. The largest absolute Gasteiger partial charge is 0.490 e. The fraction of sp³-hybridized carbons (Fsp3) is 0.345. The molecule has 0 radical (unpaired) electrons. The van der Waals surface area contributed by atoms with Crippen LogP contribution in [0.25, 0.3) is 10.8 Å². The molecule has 1 amide bonds. The molecule has 1 fully saturated rings. The number of hydrogen-bond donors (Lipinski definition) is 3. The highest BCUT2D eigenvalue weighted by atomic mass is 16.5. The number of likely N-dealkylation sites (tertiary alicyclic amines) is 1. The van der Waals surface area contributed by atoms with Gasteiger partial charge in [0, 0.05) is 37.3 Å². The molecule has 0 atom stereocenters. The number of nitrogen functional groups attached to an aromatic ring is 1. The summed E-state index contributed by atoms with van der Waals surface area (Å²) in [5.74, 6) is 0.270. The first-order valence-electron chi connectivity index (χ1n) is 12.7. The van der Waals surface area contributed by atoms with E-state index in [1.54, 1.807) is 6.92 Å². The summed E-state index contributed by atoms with van der Waals surface area (Å²) < 4.78 is 11.0. The molecule has 0 saturated carbocycles. The minimum atomic E-state index is -0.368. The number of rotatable bonds is 10. The second-order valence-corrected chi connectivity index (χ2v) is 9.28. The zero-order valence-electron chi connectivity index (χ0n) is 21.2. The molecule has 1 aliphatic heterocycles. The minimum absolute atomic E-state index is 0.0707. The summed E-state index contributed by atoms with van der Waals surface area (Å²) in [4.78, 5) is 25.9. The lowest BCUT2D eigenvalue weighted by atomic mass is 10.0. The summed E-state index contributed by atoms with van der Waals surface area (Å²) in [5.41, 5.74) is 8.30. The molecule has 8 nitrogen and oxygen atoms in total. The number of carbonyl (C=O) groups is 2. The van der Waals surface area contributed by atoms with E-state index in [0.717, 1.165) is 54.6 Å². The van der Waals surface area contributed by atoms with E-state index in [0.29, 0.717) is 12.3 Å². The van der Waals surface area contributed by atoms with Crippen molar-refractivity contribution < 1.29 is 19.1 Å². The molecule has 3 aromatic rings. The number of benzene rings is 3. The van der Waals surface area contributed by atoms with Crippen molar-refractivity contribution >= 4 is 34.2 Å². The van der Waals surface area contributed by atoms with Crippen LogP contribution in [0.2, 0.25) is 0 Å². The Morgan fingerprint density at radius 2 is 1.73 bits per heavy atom. The zero-order chi connectivity index (χ0) is 26.2. The van der Waals surface area contributed by atoms with Gasteiger partial charge in [-0.15, -0.1) is 0 Å². The van der Waals surface area contributed by atoms with Crippen molar-refractivity contribution in [1.82, 2.24) is 4.90 Å². The maximum Gasteiger partial charge on any atom is 0.306 e. The maximum atomic E-state index is 12.0. The number of nitrogens with one attached hydrogen (secondary N) is 2. The number of carbonyl (C=O) groups excluding carboxylic acids is 2. The van der Waals surface area contributed by atoms with Crippen LogP contribution in [0.15, 0.2) is 60.7 Å². The van der Waals surface area contributed by atoms with Gasteiger partial charge in [0.15, 0.2) is 0 Å². The Morgan fingerprint density at radius 3 is 2.43 bits per heavy atom. The number of piperidine rings is 1. The highest BCUT2D eigenvalue weighted by Gasteiger charge is 2.21. The Morgan fingerprint density at radius 1 is 1.00 bits per heavy atom. The summed E-state index contributed by atoms with van der Waals surface area (Å²) in [7, 11) is 0. The van der Waals surface area contributed by atoms with Gasteiger partial charge in [-0.3, -0.25) is 19.9 Å². The highest BCUT2D eigenvalue weighted by molar-refractivity contribution is 5.99. The van der Waals surface area contributed by atoms with E-state index in [4.69, 9.17) is 20.6 Å². The lowest BCUT2D eigenvalue weighted by Gasteiger charge is -2.32. The number of anilines is 1. The average molecular weight is 503 g/mol. The number of hydrogen-bond acceptors (Lipinski definition) is 6. The van der Waals surface area contributed by atoms with Crippen molar-refractivity contribution in [3.05, 3.63) is 71.8 Å². The number of nitrogens with zero attached hydrogens (tertiary/aromatic N) is 1. The average Bonchev–Trinajstić information content (AvgIpc) is 2.89. The van der Waals surface area contributed by atoms with Crippen LogP contribution in [0.1, 0.15) is 43.7 Å². The molecular weight excluding hydrogens is 468 g/mol. The number of amidine groups is 1. The topological polar surface area (TPSA) is 118 Å². The Kier molecular flexibility index (Phi) is 8.74. The Balaban J connectivity index is 1.22. The molecule has 1 saturated heterocycles. The number of fused-ring (bicyclic) bond motifs is 1. The highest BCUT2D eigenvalue weighted by Crippen LogP contribution is 2.24. The fourth-order valence-electron chi connectivity index (χ4n) is 4.49. The van der Waals surface area contributed by atoms with Crippen LogP contribution in [0.4, 0.5) is 5.69 Å². The molecule has 194 valence electrons. The first-order chi connectivity index (χ1) is 17.9. The third kappa shape index (κ3) is 7.54. The van der Waals surface area contributed by atoms with Crippen LogP contribution in [0.3, 0.4) is 0 Å². The van der Waals surface area contributed by atoms with Gasteiger partial charge in [0.2, 0.25) is 5.91 Å². The molecule has 4 rings (SSSR count). The van der Waals surface area contributed by atoms with Gasteiger partial charge in [-0.2, -0.15) is 0 Å². The van der Waals surface area contributed by atoms with Gasteiger partial charge in [0.1, 0.15) is 17.7 Å². The van der Waals surface area contributed by atoms with Crippen LogP contribution < -0.4 is 15.8 Å². The van der Waals surface area contributed by atoms with Gasteiger partial charge in [-0.05, 0) is 72.5 Å². The molecule has 0 aromatic heterocycles. The van der Waals surface area contributed by atoms with Crippen molar-refractivity contribution in [3.63, 3.8) is 0 Å². The van der Waals surface area contributed by atoms with E-state index in [9.17, 15) is 9.59 Å². The predicted molar refractivity (Wildman–Crippen MR) is 145 cm³/mol. The lowest BCUT2D eigenvalue weighted by molar-refractivity contribution is -0.144. The number of esters is 1. The van der Waals surface area contributed by atoms with Crippen LogP contribution in [-0.4, -0.2) is 48.4 Å². The normalized spacial score (nSPS) is 14.3. The van der Waals surface area contributed by atoms with E-state index in [2.05, 4.69) is 28.4 Å². The number of ether oxygens (including phenoxy) is 2. The third-order valence-corrected chi connectivity index (χ3v) is 6.46. The summed E-state index contributed by atoms with van der Waals surface area (Å²) in [5, 5.41) is 12.7. The molecular formula is C29H34N4O4. The van der Waals surface area contributed by atoms with Crippen LogP contribution >= 0.6 is 0 Å². The molecule has 0 aliphatic carbocycles. The second kappa shape index (κ2) is 12.4. The van der Waals surface area contributed by atoms with Crippen molar-refractivity contribution in [2.24, 2.45) is 5.73 Å². The third-order valence-electron chi connectivity index (χ3n) is 6.46. The molecule has 8 heteroatoms. The lowest BCUT2D eigenvalue weighted by Crippen LogP contribution is -2.37. The van der Waals surface area contributed by atoms with E-state index < -0.39 is 0 Å². The molecule has 0 spiro atoms. The van der Waals surface area contributed by atoms with E-state index in [-0.39, 0.29) is 36.7 Å². The molecule has 37 heavy (non-hydrogen) atoms. The van der Waals surface area contributed by atoms with Gasteiger partial charge < -0.3 is 20.5 Å². The fourth-order valence-corrected chi connectivity index (χ4v) is 4.49. The van der Waals surface area contributed by atoms with Crippen LogP contribution in [-0.2, 0) is 20.9 Å². The van der Waals surface area contributed by atoms with Crippen molar-refractivity contribution in [2.75, 3.05) is 25.0 Å². The van der Waals surface area contributed by atoms with Gasteiger partial charge in [0.25, 0.3) is 0 Å². The summed E-state index contributed by atoms with van der Waals surface area (Å²) in [6.45, 7) is 4.83. The minimum Gasteiger partial charge on any atom is -0.490 e. The first kappa shape index (κ1) is 26.2. The number of nitrogens with two attached hydrogens (primary N) is 1. The molecule has 1 heterocycles. The van der Waals surface area contributed by atoms with E-state index >= 15 is 0 Å². The van der Waals surface area contributed by atoms with Crippen molar-refractivity contribution in [3.8, 4) is 5.75 Å². The SMILES string of the molecule is CCOC(=O)CCC(=O)Nc1ccc(OC2CCN(Cc3ccc4ccc(C(=N)N)cc4c3)CC2)cc1. The Hall–Kier alpha value is -3.91. The van der Waals surface area contributed by atoms with E-state index in [1.165, 1.54) is 5.56 Å². The van der Waals surface area contributed by atoms with Gasteiger partial charge in [-0.1, -0.05) is 24.3 Å². The van der Waals surface area contributed by atoms with Gasteiger partial charge in [0.05, 0.1) is 13.0 Å². The van der Waals surface area contributed by atoms with E-state index in [1.807, 2.05) is 42.5 Å². The summed E-state index contributed by atoms with van der Waals surface area (Å²) in [6, 6.07) is 19.7. The van der Waals surface area contributed by atoms with Gasteiger partial charge in [-0.25, -0.2) is 0 Å². The molecule has 3 aromatic carbocycles. The van der Waals surface area contributed by atoms with Crippen LogP contribution in [0, 0.1) is 5.41 Å². The van der Waals surface area contributed by atoms with Gasteiger partial charge >= 0.3 is 5.97 Å². The predicted octanol–water partition coefficient (Wildman–Crippen LogP) is 4.45. The Bertz CT molecular complexity index is 1250. The maximum absolute atomic E-state index is 12.0. The molecule has 4 N–H and O–H groups in total. The number of amides is 1. The quantitative estimate of drug-likeness (QED) is 0.214. The Labute approximate surface area is 217 Å². The van der Waals surface area contributed by atoms with Crippen molar-refractivity contribution in [1.29, 1.82) is 5.41 Å².